The molecule has 1 aliphatic heterocycles. The molecule has 2 aromatic carbocycles. The van der Waals surface area contributed by atoms with E-state index in [1.165, 1.54) is 24.4 Å². The van der Waals surface area contributed by atoms with Gasteiger partial charge in [-0.3, -0.25) is 19.4 Å². The van der Waals surface area contributed by atoms with Crippen LogP contribution in [0.5, 0.6) is 0 Å². The number of carbonyl (C=O) groups is 4. The van der Waals surface area contributed by atoms with E-state index < -0.39 is 35.4 Å². The largest absolute Gasteiger partial charge is 0.465 e. The zero-order valence-electron chi connectivity index (χ0n) is 20.4. The number of nitrogens with one attached hydrogen (secondary N) is 1. The lowest BCUT2D eigenvalue weighted by Crippen LogP contribution is -2.32. The second-order valence-electron chi connectivity index (χ2n) is 9.07. The number of ketones is 2. The summed E-state index contributed by atoms with van der Waals surface area (Å²) in [5.41, 5.74) is 4.31. The molecule has 0 saturated carbocycles. The zero-order chi connectivity index (χ0) is 26.1. The first-order chi connectivity index (χ1) is 17.9. The van der Waals surface area contributed by atoms with Gasteiger partial charge in [0.25, 0.3) is 5.91 Å². The number of rotatable bonds is 7. The number of nitrogens with zero attached hydrogens (tertiary/aromatic N) is 2. The highest BCUT2D eigenvalue weighted by atomic mass is 16.5. The van der Waals surface area contributed by atoms with Crippen molar-refractivity contribution in [2.75, 3.05) is 13.7 Å². The summed E-state index contributed by atoms with van der Waals surface area (Å²) in [6, 6.07) is 14.8. The van der Waals surface area contributed by atoms with Gasteiger partial charge in [0, 0.05) is 41.6 Å². The summed E-state index contributed by atoms with van der Waals surface area (Å²) in [6.07, 6.45) is 5.35. The maximum atomic E-state index is 13.5. The molecule has 1 amide bonds. The number of hydrogen-bond donors (Lipinski definition) is 1. The first-order valence-electron chi connectivity index (χ1n) is 11.9. The fraction of sp³-hybridized carbons (Fsp3) is 0.207. The molecular weight excluding hydrogens is 470 g/mol. The molecule has 4 aromatic rings. The van der Waals surface area contributed by atoms with Crippen LogP contribution in [0.15, 0.2) is 73.2 Å². The number of fused-ring (bicyclic) bond motifs is 1. The van der Waals surface area contributed by atoms with E-state index in [0.29, 0.717) is 17.5 Å². The smallest absolute Gasteiger partial charge is 0.337 e. The van der Waals surface area contributed by atoms with Gasteiger partial charge in [0.1, 0.15) is 5.92 Å². The van der Waals surface area contributed by atoms with E-state index in [0.717, 1.165) is 22.0 Å². The first-order valence-corrected chi connectivity index (χ1v) is 11.9. The van der Waals surface area contributed by atoms with Crippen molar-refractivity contribution in [3.63, 3.8) is 0 Å². The molecule has 0 radical (unpaired) electrons. The molecule has 0 aliphatic carbocycles. The topological polar surface area (TPSA) is 109 Å². The maximum absolute atomic E-state index is 13.5. The monoisotopic (exact) mass is 495 g/mol. The maximum Gasteiger partial charge on any atom is 0.337 e. The molecule has 2 atom stereocenters. The van der Waals surface area contributed by atoms with Crippen molar-refractivity contribution in [1.29, 1.82) is 0 Å². The molecule has 2 aromatic heterocycles. The number of aryl methyl sites for hydroxylation is 1. The van der Waals surface area contributed by atoms with Gasteiger partial charge >= 0.3 is 5.97 Å². The number of hydrogen-bond acceptors (Lipinski definition) is 6. The van der Waals surface area contributed by atoms with E-state index in [2.05, 4.69) is 9.97 Å². The number of ether oxygens (including phenoxy) is 1. The minimum atomic E-state index is -1.22. The van der Waals surface area contributed by atoms with Crippen molar-refractivity contribution in [3.05, 3.63) is 101 Å². The van der Waals surface area contributed by atoms with E-state index >= 15 is 0 Å². The molecule has 3 heterocycles. The van der Waals surface area contributed by atoms with Gasteiger partial charge in [-0.1, -0.05) is 24.3 Å². The Labute approximate surface area is 213 Å². The van der Waals surface area contributed by atoms with Crippen LogP contribution in [0, 0.1) is 12.8 Å². The van der Waals surface area contributed by atoms with Crippen LogP contribution < -0.4 is 0 Å². The number of aromatic amines is 1. The van der Waals surface area contributed by atoms with Gasteiger partial charge in [-0.05, 0) is 60.4 Å². The molecule has 5 rings (SSSR count). The average Bonchev–Trinajstić information content (AvgIpc) is 3.46. The van der Waals surface area contributed by atoms with Gasteiger partial charge in [-0.15, -0.1) is 0 Å². The van der Waals surface area contributed by atoms with Gasteiger partial charge in [0.2, 0.25) is 5.78 Å². The Bertz CT molecular complexity index is 1510. The highest BCUT2D eigenvalue weighted by Crippen LogP contribution is 2.38. The van der Waals surface area contributed by atoms with Crippen molar-refractivity contribution in [2.45, 2.75) is 19.4 Å². The summed E-state index contributed by atoms with van der Waals surface area (Å²) in [4.78, 5) is 60.7. The summed E-state index contributed by atoms with van der Waals surface area (Å²) in [7, 11) is 1.29. The fourth-order valence-corrected chi connectivity index (χ4v) is 5.11. The Morgan fingerprint density at radius 3 is 2.51 bits per heavy atom. The standard InChI is InChI=1S/C29H25N3O5/c1-17-5-3-7-22-23(17)20(16-31-22)12-14-32-25(18-8-10-19(11-9-18)29(36)37-2)24(27(34)28(32)35)26(33)21-6-4-13-30-15-21/h3-11,13,15-16,24-25,31H,12,14H2,1-2H3. The average molecular weight is 496 g/mol. The minimum absolute atomic E-state index is 0.242. The zero-order valence-corrected chi connectivity index (χ0v) is 20.4. The van der Waals surface area contributed by atoms with Crippen LogP contribution in [-0.4, -0.2) is 52.0 Å². The number of likely N-dealkylation sites (tertiary alicyclic amines) is 1. The van der Waals surface area contributed by atoms with Crippen LogP contribution in [0.3, 0.4) is 0 Å². The van der Waals surface area contributed by atoms with Crippen LogP contribution in [0.2, 0.25) is 0 Å². The number of benzene rings is 2. The Morgan fingerprint density at radius 2 is 1.81 bits per heavy atom. The number of pyridine rings is 1. The molecule has 2 unspecified atom stereocenters. The van der Waals surface area contributed by atoms with Gasteiger partial charge < -0.3 is 14.6 Å². The lowest BCUT2D eigenvalue weighted by Gasteiger charge is -2.27. The number of esters is 1. The SMILES string of the molecule is COC(=O)c1ccc(C2C(C(=O)c3cccnc3)C(=O)C(=O)N2CCc2c[nH]c3cccc(C)c23)cc1. The molecule has 1 fully saturated rings. The predicted molar refractivity (Wildman–Crippen MR) is 136 cm³/mol. The molecule has 0 bridgehead atoms. The molecule has 1 aliphatic rings. The molecule has 186 valence electrons. The normalized spacial score (nSPS) is 17.4. The quantitative estimate of drug-likeness (QED) is 0.181. The fourth-order valence-electron chi connectivity index (χ4n) is 5.11. The highest BCUT2D eigenvalue weighted by Gasteiger charge is 2.51. The number of amides is 1. The molecule has 8 nitrogen and oxygen atoms in total. The third-order valence-corrected chi connectivity index (χ3v) is 6.93. The molecule has 1 N–H and O–H groups in total. The molecule has 1 saturated heterocycles. The van der Waals surface area contributed by atoms with E-state index in [-0.39, 0.29) is 12.1 Å². The number of methoxy groups -OCH3 is 1. The van der Waals surface area contributed by atoms with E-state index in [1.807, 2.05) is 31.3 Å². The second kappa shape index (κ2) is 9.81. The Hall–Kier alpha value is -4.59. The molecule has 8 heteroatoms. The first kappa shape index (κ1) is 24.1. The van der Waals surface area contributed by atoms with Crippen LogP contribution >= 0.6 is 0 Å². The summed E-state index contributed by atoms with van der Waals surface area (Å²) in [5.74, 6) is -3.61. The summed E-state index contributed by atoms with van der Waals surface area (Å²) < 4.78 is 4.78. The van der Waals surface area contributed by atoms with Crippen molar-refractivity contribution in [2.24, 2.45) is 5.92 Å². The van der Waals surface area contributed by atoms with Crippen molar-refractivity contribution in [3.8, 4) is 0 Å². The van der Waals surface area contributed by atoms with Crippen molar-refractivity contribution in [1.82, 2.24) is 14.9 Å². The van der Waals surface area contributed by atoms with Gasteiger partial charge in [0.15, 0.2) is 5.78 Å². The molecule has 37 heavy (non-hydrogen) atoms. The minimum Gasteiger partial charge on any atom is -0.465 e. The molecule has 0 spiro atoms. The van der Waals surface area contributed by atoms with E-state index in [4.69, 9.17) is 4.74 Å². The van der Waals surface area contributed by atoms with Gasteiger partial charge in [0.05, 0.1) is 18.7 Å². The number of H-pyrrole nitrogens is 1. The lowest BCUT2D eigenvalue weighted by molar-refractivity contribution is -0.140. The van der Waals surface area contributed by atoms with Crippen molar-refractivity contribution < 1.29 is 23.9 Å². The third kappa shape index (κ3) is 4.31. The third-order valence-electron chi connectivity index (χ3n) is 6.93. The summed E-state index contributed by atoms with van der Waals surface area (Å²) in [6.45, 7) is 2.27. The van der Waals surface area contributed by atoms with Crippen molar-refractivity contribution >= 4 is 34.3 Å². The summed E-state index contributed by atoms with van der Waals surface area (Å²) in [5, 5.41) is 1.09. The Balaban J connectivity index is 1.52. The lowest BCUT2D eigenvalue weighted by atomic mass is 9.86. The Morgan fingerprint density at radius 1 is 1.03 bits per heavy atom. The Kier molecular flexibility index (Phi) is 6.40. The van der Waals surface area contributed by atoms with Crippen LogP contribution in [-0.2, 0) is 20.7 Å². The van der Waals surface area contributed by atoms with E-state index in [1.54, 1.807) is 36.4 Å². The predicted octanol–water partition coefficient (Wildman–Crippen LogP) is 3.85. The second-order valence-corrected chi connectivity index (χ2v) is 9.07. The van der Waals surface area contributed by atoms with Gasteiger partial charge in [-0.25, -0.2) is 4.79 Å². The van der Waals surface area contributed by atoms with Crippen LogP contribution in [0.25, 0.3) is 10.9 Å². The van der Waals surface area contributed by atoms with E-state index in [9.17, 15) is 19.2 Å². The number of Topliss-reactive ketones (excluding diaryl/α,β-unsaturated/α-hetero) is 2. The van der Waals surface area contributed by atoms with Gasteiger partial charge in [-0.2, -0.15) is 0 Å². The molecular formula is C29H25N3O5. The van der Waals surface area contributed by atoms with Crippen LogP contribution in [0.4, 0.5) is 0 Å². The number of carbonyl (C=O) groups excluding carboxylic acids is 4. The highest BCUT2D eigenvalue weighted by molar-refractivity contribution is 6.44. The summed E-state index contributed by atoms with van der Waals surface area (Å²) >= 11 is 0. The number of aromatic nitrogens is 2. The van der Waals surface area contributed by atoms with Crippen LogP contribution in [0.1, 0.15) is 43.4 Å².